The summed E-state index contributed by atoms with van der Waals surface area (Å²) in [6.45, 7) is 2.24. The Bertz CT molecular complexity index is 847. The summed E-state index contributed by atoms with van der Waals surface area (Å²) < 4.78 is 13.8. The summed E-state index contributed by atoms with van der Waals surface area (Å²) in [5, 5.41) is 3.28. The van der Waals surface area contributed by atoms with Crippen LogP contribution in [0.15, 0.2) is 48.7 Å². The minimum absolute atomic E-state index is 0.242. The van der Waals surface area contributed by atoms with E-state index in [1.807, 2.05) is 25.1 Å². The lowest BCUT2D eigenvalue weighted by atomic mass is 10.2. The summed E-state index contributed by atoms with van der Waals surface area (Å²) in [5.41, 5.74) is 2.09. The second kappa shape index (κ2) is 6.66. The van der Waals surface area contributed by atoms with E-state index in [0.29, 0.717) is 22.0 Å². The van der Waals surface area contributed by atoms with Crippen LogP contribution in [0.4, 0.5) is 4.39 Å². The van der Waals surface area contributed by atoms with Crippen LogP contribution in [-0.4, -0.2) is 15.9 Å². The quantitative estimate of drug-likeness (QED) is 0.797. The third-order valence-corrected chi connectivity index (χ3v) is 4.24. The van der Waals surface area contributed by atoms with E-state index in [9.17, 15) is 9.18 Å². The molecule has 1 aromatic carbocycles. The van der Waals surface area contributed by atoms with Gasteiger partial charge in [-0.15, -0.1) is 11.3 Å². The van der Waals surface area contributed by atoms with Crippen molar-refractivity contribution in [2.45, 2.75) is 13.5 Å². The highest BCUT2D eigenvalue weighted by molar-refractivity contribution is 7.16. The zero-order chi connectivity index (χ0) is 16.2. The molecule has 1 amide bonds. The molecule has 0 aliphatic heterocycles. The molecule has 0 saturated heterocycles. The summed E-state index contributed by atoms with van der Waals surface area (Å²) in [7, 11) is 0. The van der Waals surface area contributed by atoms with Crippen LogP contribution in [0.25, 0.3) is 10.6 Å². The minimum atomic E-state index is -0.349. The number of nitrogens with zero attached hydrogens (tertiary/aromatic N) is 2. The Kier molecular flexibility index (Phi) is 4.43. The summed E-state index contributed by atoms with van der Waals surface area (Å²) in [6, 6.07) is 12.0. The van der Waals surface area contributed by atoms with Crippen LogP contribution < -0.4 is 5.32 Å². The highest BCUT2D eigenvalue weighted by atomic mass is 32.1. The van der Waals surface area contributed by atoms with E-state index in [1.54, 1.807) is 18.2 Å². The minimum Gasteiger partial charge on any atom is -0.346 e. The number of amides is 1. The molecule has 3 rings (SSSR count). The lowest BCUT2D eigenvalue weighted by Crippen LogP contribution is -2.22. The number of pyridine rings is 1. The van der Waals surface area contributed by atoms with Crippen molar-refractivity contribution in [1.82, 2.24) is 15.3 Å². The van der Waals surface area contributed by atoms with Crippen LogP contribution >= 0.6 is 11.3 Å². The van der Waals surface area contributed by atoms with Gasteiger partial charge in [-0.3, -0.25) is 9.78 Å². The van der Waals surface area contributed by atoms with Crippen molar-refractivity contribution in [3.8, 4) is 10.6 Å². The number of halogens is 1. The van der Waals surface area contributed by atoms with Gasteiger partial charge < -0.3 is 5.32 Å². The second-order valence-electron chi connectivity index (χ2n) is 4.96. The molecule has 0 saturated carbocycles. The predicted octanol–water partition coefficient (Wildman–Crippen LogP) is 3.58. The number of rotatable bonds is 4. The number of carbonyl (C=O) groups excluding carboxylic acids is 1. The molecule has 2 heterocycles. The maximum Gasteiger partial charge on any atom is 0.263 e. The molecule has 1 N–H and O–H groups in total. The average molecular weight is 327 g/mol. The maximum atomic E-state index is 13.8. The monoisotopic (exact) mass is 327 g/mol. The van der Waals surface area contributed by atoms with Gasteiger partial charge in [-0.1, -0.05) is 18.2 Å². The van der Waals surface area contributed by atoms with E-state index in [-0.39, 0.29) is 11.7 Å². The van der Waals surface area contributed by atoms with Crippen molar-refractivity contribution in [2.24, 2.45) is 0 Å². The van der Waals surface area contributed by atoms with Gasteiger partial charge in [0.25, 0.3) is 5.91 Å². The third kappa shape index (κ3) is 3.60. The molecule has 116 valence electrons. The Balaban J connectivity index is 1.70. The van der Waals surface area contributed by atoms with E-state index in [2.05, 4.69) is 15.3 Å². The number of carbonyl (C=O) groups is 1. The second-order valence-corrected chi connectivity index (χ2v) is 5.99. The average Bonchev–Trinajstić information content (AvgIpc) is 3.03. The van der Waals surface area contributed by atoms with E-state index in [0.717, 1.165) is 22.7 Å². The lowest BCUT2D eigenvalue weighted by molar-refractivity contribution is 0.0954. The Morgan fingerprint density at radius 2 is 2.04 bits per heavy atom. The van der Waals surface area contributed by atoms with Crippen LogP contribution in [0.2, 0.25) is 0 Å². The van der Waals surface area contributed by atoms with Gasteiger partial charge in [-0.25, -0.2) is 9.37 Å². The normalized spacial score (nSPS) is 10.5. The molecule has 0 atom stereocenters. The number of aryl methyl sites for hydroxylation is 1. The fraction of sp³-hybridized carbons (Fsp3) is 0.118. The van der Waals surface area contributed by atoms with Gasteiger partial charge in [0.2, 0.25) is 0 Å². The molecule has 0 aliphatic rings. The molecule has 23 heavy (non-hydrogen) atoms. The van der Waals surface area contributed by atoms with Gasteiger partial charge in [0.05, 0.1) is 18.4 Å². The lowest BCUT2D eigenvalue weighted by Gasteiger charge is -2.03. The Morgan fingerprint density at radius 3 is 2.83 bits per heavy atom. The van der Waals surface area contributed by atoms with E-state index < -0.39 is 0 Å². The molecular weight excluding hydrogens is 313 g/mol. The van der Waals surface area contributed by atoms with Gasteiger partial charge in [0.1, 0.15) is 15.7 Å². The molecule has 0 fully saturated rings. The maximum absolute atomic E-state index is 13.8. The van der Waals surface area contributed by atoms with E-state index in [4.69, 9.17) is 0 Å². The van der Waals surface area contributed by atoms with Crippen LogP contribution in [0.1, 0.15) is 21.1 Å². The summed E-state index contributed by atoms with van der Waals surface area (Å²) in [5.74, 6) is -0.592. The summed E-state index contributed by atoms with van der Waals surface area (Å²) in [6.07, 6.45) is 1.46. The standard InChI is InChI=1S/C17H14FN3OS/c1-11-5-4-6-12(21-11)9-19-16(22)15-10-20-17(23-15)13-7-2-3-8-14(13)18/h2-8,10H,9H2,1H3,(H,19,22). The number of hydrogen-bond acceptors (Lipinski definition) is 4. The zero-order valence-electron chi connectivity index (χ0n) is 12.4. The predicted molar refractivity (Wildman–Crippen MR) is 87.7 cm³/mol. The van der Waals surface area contributed by atoms with Gasteiger partial charge in [0.15, 0.2) is 0 Å². The van der Waals surface area contributed by atoms with Crippen molar-refractivity contribution >= 4 is 17.2 Å². The number of aromatic nitrogens is 2. The first-order chi connectivity index (χ1) is 11.1. The number of nitrogens with one attached hydrogen (secondary N) is 1. The molecule has 2 aromatic heterocycles. The van der Waals surface area contributed by atoms with Crippen LogP contribution in [0.5, 0.6) is 0 Å². The molecule has 0 bridgehead atoms. The van der Waals surface area contributed by atoms with Crippen molar-refractivity contribution in [2.75, 3.05) is 0 Å². The van der Waals surface area contributed by atoms with Gasteiger partial charge in [0, 0.05) is 11.3 Å². The Hall–Kier alpha value is -2.60. The SMILES string of the molecule is Cc1cccc(CNC(=O)c2cnc(-c3ccccc3F)s2)n1. The largest absolute Gasteiger partial charge is 0.346 e. The van der Waals surface area contributed by atoms with Gasteiger partial charge >= 0.3 is 0 Å². The van der Waals surface area contributed by atoms with Crippen molar-refractivity contribution in [3.05, 3.63) is 70.7 Å². The van der Waals surface area contributed by atoms with Crippen molar-refractivity contribution < 1.29 is 9.18 Å². The summed E-state index contributed by atoms with van der Waals surface area (Å²) >= 11 is 1.16. The molecule has 0 spiro atoms. The Morgan fingerprint density at radius 1 is 1.22 bits per heavy atom. The smallest absolute Gasteiger partial charge is 0.263 e. The van der Waals surface area contributed by atoms with Crippen LogP contribution in [0.3, 0.4) is 0 Å². The molecule has 0 aliphatic carbocycles. The molecule has 6 heteroatoms. The first-order valence-electron chi connectivity index (χ1n) is 7.05. The van der Waals surface area contributed by atoms with Crippen molar-refractivity contribution in [1.29, 1.82) is 0 Å². The third-order valence-electron chi connectivity index (χ3n) is 3.21. The number of benzene rings is 1. The van der Waals surface area contributed by atoms with Crippen LogP contribution in [-0.2, 0) is 6.54 Å². The summed E-state index contributed by atoms with van der Waals surface area (Å²) in [4.78, 5) is 21.1. The highest BCUT2D eigenvalue weighted by Crippen LogP contribution is 2.27. The molecular formula is C17H14FN3OS. The number of thiazole rings is 1. The molecule has 0 radical (unpaired) electrons. The van der Waals surface area contributed by atoms with Crippen molar-refractivity contribution in [3.63, 3.8) is 0 Å². The molecule has 3 aromatic rings. The number of hydrogen-bond donors (Lipinski definition) is 1. The highest BCUT2D eigenvalue weighted by Gasteiger charge is 2.13. The Labute approximate surface area is 137 Å². The molecule has 0 unspecified atom stereocenters. The zero-order valence-corrected chi connectivity index (χ0v) is 13.2. The first-order valence-corrected chi connectivity index (χ1v) is 7.86. The van der Waals surface area contributed by atoms with E-state index in [1.165, 1.54) is 12.3 Å². The van der Waals surface area contributed by atoms with E-state index >= 15 is 0 Å². The van der Waals surface area contributed by atoms with Gasteiger partial charge in [-0.05, 0) is 31.2 Å². The topological polar surface area (TPSA) is 54.9 Å². The van der Waals surface area contributed by atoms with Gasteiger partial charge in [-0.2, -0.15) is 0 Å². The fourth-order valence-electron chi connectivity index (χ4n) is 2.09. The first kappa shape index (κ1) is 15.3. The molecule has 4 nitrogen and oxygen atoms in total. The fourth-order valence-corrected chi connectivity index (χ4v) is 2.95. The van der Waals surface area contributed by atoms with Crippen LogP contribution in [0, 0.1) is 12.7 Å².